The number of allylic oxidation sites excluding steroid dienone is 2. The maximum absolute atomic E-state index is 11.7. The van der Waals surface area contributed by atoms with E-state index < -0.39 is 5.91 Å². The molecular weight excluding hydrogens is 252 g/mol. The van der Waals surface area contributed by atoms with Gasteiger partial charge in [-0.2, -0.15) is 0 Å². The van der Waals surface area contributed by atoms with E-state index in [-0.39, 0.29) is 0 Å². The van der Waals surface area contributed by atoms with Gasteiger partial charge >= 0.3 is 0 Å². The first-order valence-electron chi connectivity index (χ1n) is 6.27. The fourth-order valence-corrected chi connectivity index (χ4v) is 2.18. The standard InChI is InChI=1S/C15H14N4O/c16-15(20)14-13(19-9-3-8-17-10-19)7-6-11-4-1-2-5-12(11)18-14/h1-9,18H,10H2,(H2,16,20). The molecule has 0 aliphatic carbocycles. The zero-order chi connectivity index (χ0) is 13.9. The largest absolute Gasteiger partial charge is 0.364 e. The van der Waals surface area contributed by atoms with Crippen LogP contribution in [-0.2, 0) is 4.79 Å². The molecule has 1 aromatic rings. The van der Waals surface area contributed by atoms with E-state index >= 15 is 0 Å². The van der Waals surface area contributed by atoms with Crippen LogP contribution in [0.15, 0.2) is 59.0 Å². The SMILES string of the molecule is NC(=O)C1=C(N2C=CC=NC2)C=Cc2ccccc2N1. The Morgan fingerprint density at radius 1 is 1.30 bits per heavy atom. The number of primary amides is 1. The molecule has 1 aromatic carbocycles. The molecule has 5 nitrogen and oxygen atoms in total. The lowest BCUT2D eigenvalue weighted by atomic mass is 10.1. The van der Waals surface area contributed by atoms with Gasteiger partial charge in [0.25, 0.3) is 5.91 Å². The fraction of sp³-hybridized carbons (Fsp3) is 0.0667. The van der Waals surface area contributed by atoms with Crippen molar-refractivity contribution in [2.45, 2.75) is 0 Å². The summed E-state index contributed by atoms with van der Waals surface area (Å²) >= 11 is 0. The molecule has 5 heteroatoms. The average Bonchev–Trinajstić information content (AvgIpc) is 2.68. The molecule has 2 heterocycles. The Kier molecular flexibility index (Phi) is 3.09. The molecule has 2 aliphatic rings. The van der Waals surface area contributed by atoms with Crippen LogP contribution in [0.5, 0.6) is 0 Å². The number of carbonyl (C=O) groups is 1. The molecule has 0 aromatic heterocycles. The van der Waals surface area contributed by atoms with E-state index in [1.54, 1.807) is 6.21 Å². The van der Waals surface area contributed by atoms with Crippen molar-refractivity contribution in [1.82, 2.24) is 4.90 Å². The third-order valence-electron chi connectivity index (χ3n) is 3.14. The number of fused-ring (bicyclic) bond motifs is 1. The van der Waals surface area contributed by atoms with Gasteiger partial charge in [0, 0.05) is 18.1 Å². The first kappa shape index (κ1) is 12.2. The molecule has 0 radical (unpaired) electrons. The van der Waals surface area contributed by atoms with Gasteiger partial charge in [0.15, 0.2) is 0 Å². The third kappa shape index (κ3) is 2.21. The van der Waals surface area contributed by atoms with E-state index in [4.69, 9.17) is 5.73 Å². The van der Waals surface area contributed by atoms with Crippen LogP contribution in [0.4, 0.5) is 5.69 Å². The lowest BCUT2D eigenvalue weighted by Crippen LogP contribution is -2.27. The summed E-state index contributed by atoms with van der Waals surface area (Å²) in [5.41, 5.74) is 8.45. The number of anilines is 1. The highest BCUT2D eigenvalue weighted by Gasteiger charge is 2.19. The molecular formula is C15H14N4O. The zero-order valence-electron chi connectivity index (χ0n) is 10.8. The van der Waals surface area contributed by atoms with Crippen molar-refractivity contribution in [2.75, 3.05) is 12.0 Å². The Morgan fingerprint density at radius 2 is 2.15 bits per heavy atom. The Morgan fingerprint density at radius 3 is 2.90 bits per heavy atom. The van der Waals surface area contributed by atoms with Gasteiger partial charge in [0.05, 0.1) is 5.70 Å². The summed E-state index contributed by atoms with van der Waals surface area (Å²) in [5, 5.41) is 3.12. The first-order chi connectivity index (χ1) is 9.75. The van der Waals surface area contributed by atoms with Gasteiger partial charge in [0.2, 0.25) is 0 Å². The maximum atomic E-state index is 11.7. The molecule has 0 fully saturated rings. The van der Waals surface area contributed by atoms with Gasteiger partial charge < -0.3 is 16.0 Å². The van der Waals surface area contributed by atoms with Crippen molar-refractivity contribution in [2.24, 2.45) is 10.7 Å². The van der Waals surface area contributed by atoms with Gasteiger partial charge in [-0.3, -0.25) is 9.79 Å². The topological polar surface area (TPSA) is 70.7 Å². The normalized spacial score (nSPS) is 16.7. The second-order valence-corrected chi connectivity index (χ2v) is 4.45. The minimum Gasteiger partial charge on any atom is -0.364 e. The summed E-state index contributed by atoms with van der Waals surface area (Å²) < 4.78 is 0. The van der Waals surface area contributed by atoms with E-state index in [0.717, 1.165) is 11.3 Å². The first-order valence-corrected chi connectivity index (χ1v) is 6.27. The van der Waals surface area contributed by atoms with Crippen molar-refractivity contribution >= 4 is 23.9 Å². The summed E-state index contributed by atoms with van der Waals surface area (Å²) in [5.74, 6) is -0.496. The second kappa shape index (κ2) is 5.05. The molecule has 3 N–H and O–H groups in total. The molecule has 0 spiro atoms. The number of nitrogens with two attached hydrogens (primary N) is 1. The van der Waals surface area contributed by atoms with Crippen LogP contribution in [0.3, 0.4) is 0 Å². The third-order valence-corrected chi connectivity index (χ3v) is 3.14. The minimum absolute atomic E-state index is 0.368. The molecule has 0 atom stereocenters. The van der Waals surface area contributed by atoms with Crippen molar-refractivity contribution in [1.29, 1.82) is 0 Å². The molecule has 100 valence electrons. The number of hydrogen-bond acceptors (Lipinski definition) is 4. The van der Waals surface area contributed by atoms with Gasteiger partial charge in [0.1, 0.15) is 12.4 Å². The lowest BCUT2D eigenvalue weighted by molar-refractivity contribution is -0.114. The van der Waals surface area contributed by atoms with E-state index in [0.29, 0.717) is 18.1 Å². The van der Waals surface area contributed by atoms with E-state index in [1.807, 2.05) is 53.6 Å². The Bertz CT molecular complexity index is 670. The summed E-state index contributed by atoms with van der Waals surface area (Å²) in [4.78, 5) is 17.8. The molecule has 0 saturated heterocycles. The van der Waals surface area contributed by atoms with Crippen LogP contribution in [-0.4, -0.2) is 23.7 Å². The summed E-state index contributed by atoms with van der Waals surface area (Å²) in [6.07, 6.45) is 9.25. The number of carbonyl (C=O) groups excluding carboxylic acids is 1. The Balaban J connectivity index is 2.07. The highest BCUT2D eigenvalue weighted by Crippen LogP contribution is 2.26. The van der Waals surface area contributed by atoms with Crippen molar-refractivity contribution < 1.29 is 4.79 Å². The van der Waals surface area contributed by atoms with Gasteiger partial charge in [-0.05, 0) is 23.8 Å². The number of nitrogens with zero attached hydrogens (tertiary/aromatic N) is 2. The highest BCUT2D eigenvalue weighted by atomic mass is 16.1. The molecule has 3 rings (SSSR count). The predicted molar refractivity (Wildman–Crippen MR) is 79.7 cm³/mol. The molecule has 20 heavy (non-hydrogen) atoms. The average molecular weight is 266 g/mol. The number of nitrogens with one attached hydrogen (secondary N) is 1. The highest BCUT2D eigenvalue weighted by molar-refractivity contribution is 5.98. The Hall–Kier alpha value is -2.82. The van der Waals surface area contributed by atoms with E-state index in [9.17, 15) is 4.79 Å². The van der Waals surface area contributed by atoms with Crippen LogP contribution in [0.2, 0.25) is 0 Å². The van der Waals surface area contributed by atoms with Crippen LogP contribution in [0.1, 0.15) is 5.56 Å². The van der Waals surface area contributed by atoms with Gasteiger partial charge in [-0.15, -0.1) is 0 Å². The van der Waals surface area contributed by atoms with Gasteiger partial charge in [-0.25, -0.2) is 0 Å². The number of rotatable bonds is 2. The lowest BCUT2D eigenvalue weighted by Gasteiger charge is -2.23. The number of aliphatic imine (C=N–C) groups is 1. The number of hydrogen-bond donors (Lipinski definition) is 2. The zero-order valence-corrected chi connectivity index (χ0v) is 10.8. The quantitative estimate of drug-likeness (QED) is 0.855. The number of benzene rings is 1. The van der Waals surface area contributed by atoms with Crippen LogP contribution in [0.25, 0.3) is 6.08 Å². The predicted octanol–water partition coefficient (Wildman–Crippen LogP) is 1.68. The maximum Gasteiger partial charge on any atom is 0.267 e. The number of para-hydroxylation sites is 1. The summed E-state index contributed by atoms with van der Waals surface area (Å²) in [7, 11) is 0. The molecule has 0 saturated carbocycles. The number of amides is 1. The van der Waals surface area contributed by atoms with Crippen molar-refractivity contribution in [3.63, 3.8) is 0 Å². The summed E-state index contributed by atoms with van der Waals surface area (Å²) in [6.45, 7) is 0.463. The molecule has 1 amide bonds. The van der Waals surface area contributed by atoms with Crippen molar-refractivity contribution in [3.05, 3.63) is 59.6 Å². The van der Waals surface area contributed by atoms with Crippen LogP contribution >= 0.6 is 0 Å². The van der Waals surface area contributed by atoms with Gasteiger partial charge in [-0.1, -0.05) is 24.3 Å². The van der Waals surface area contributed by atoms with Crippen LogP contribution < -0.4 is 11.1 Å². The van der Waals surface area contributed by atoms with Crippen LogP contribution in [0, 0.1) is 0 Å². The van der Waals surface area contributed by atoms with Crippen molar-refractivity contribution in [3.8, 4) is 0 Å². The minimum atomic E-state index is -0.496. The fourth-order valence-electron chi connectivity index (χ4n) is 2.18. The smallest absolute Gasteiger partial charge is 0.267 e. The van der Waals surface area contributed by atoms with E-state index in [2.05, 4.69) is 10.3 Å². The monoisotopic (exact) mass is 266 g/mol. The Labute approximate surface area is 116 Å². The van der Waals surface area contributed by atoms with E-state index in [1.165, 1.54) is 0 Å². The molecule has 2 aliphatic heterocycles. The second-order valence-electron chi connectivity index (χ2n) is 4.45. The molecule has 0 bridgehead atoms. The molecule has 0 unspecified atom stereocenters. The summed E-state index contributed by atoms with van der Waals surface area (Å²) in [6, 6.07) is 7.75.